The van der Waals surface area contributed by atoms with Crippen molar-refractivity contribution in [3.63, 3.8) is 0 Å². The molecule has 2 saturated heterocycles. The smallest absolute Gasteiger partial charge is 0.230 e. The van der Waals surface area contributed by atoms with E-state index in [1.807, 2.05) is 36.4 Å². The molecule has 3 aliphatic heterocycles. The monoisotopic (exact) mass is 409 g/mol. The van der Waals surface area contributed by atoms with E-state index in [1.165, 1.54) is 6.26 Å². The van der Waals surface area contributed by atoms with Gasteiger partial charge in [0, 0.05) is 19.7 Å². The highest BCUT2D eigenvalue weighted by molar-refractivity contribution is 5.93. The van der Waals surface area contributed by atoms with E-state index in [0.29, 0.717) is 25.3 Å². The van der Waals surface area contributed by atoms with Gasteiger partial charge < -0.3 is 23.8 Å². The van der Waals surface area contributed by atoms with E-state index in [4.69, 9.17) is 14.0 Å². The van der Waals surface area contributed by atoms with Crippen molar-refractivity contribution < 1.29 is 23.6 Å². The molecule has 8 nitrogen and oxygen atoms in total. The van der Waals surface area contributed by atoms with Crippen LogP contribution in [0.3, 0.4) is 0 Å². The largest absolute Gasteiger partial charge is 0.497 e. The Morgan fingerprint density at radius 1 is 1.40 bits per heavy atom. The summed E-state index contributed by atoms with van der Waals surface area (Å²) >= 11 is 0. The quantitative estimate of drug-likeness (QED) is 0.674. The molecule has 2 amide bonds. The van der Waals surface area contributed by atoms with Crippen LogP contribution in [0, 0.1) is 11.8 Å². The van der Waals surface area contributed by atoms with E-state index >= 15 is 0 Å². The fourth-order valence-electron chi connectivity index (χ4n) is 4.88. The second-order valence-corrected chi connectivity index (χ2v) is 8.13. The van der Waals surface area contributed by atoms with Gasteiger partial charge in [0.2, 0.25) is 11.8 Å². The first-order chi connectivity index (χ1) is 14.5. The van der Waals surface area contributed by atoms with Crippen LogP contribution in [0.1, 0.15) is 11.3 Å². The van der Waals surface area contributed by atoms with Gasteiger partial charge in [-0.05, 0) is 17.7 Å². The first-order valence-electron chi connectivity index (χ1n) is 9.94. The van der Waals surface area contributed by atoms with E-state index < -0.39 is 17.4 Å². The highest BCUT2D eigenvalue weighted by atomic mass is 16.5. The molecule has 5 rings (SSSR count). The summed E-state index contributed by atoms with van der Waals surface area (Å²) in [5, 5.41) is 3.87. The minimum Gasteiger partial charge on any atom is -0.497 e. The molecule has 3 aliphatic rings. The Morgan fingerprint density at radius 3 is 3.03 bits per heavy atom. The standard InChI is InChI=1S/C22H23N3O5/c1-24(12-15-7-9-29-23-15)20(26)18-17-6-8-22(30-17)13-25(21(27)19(18)22)11-14-4-3-5-16(10-14)28-2/h3-10,17-19H,11-13H2,1-2H3/t17-,18-,19+,22-/m0/s1. The molecule has 2 aromatic rings. The molecular formula is C22H23N3O5. The van der Waals surface area contributed by atoms with Crippen LogP contribution in [-0.4, -0.2) is 59.2 Å². The third-order valence-corrected chi connectivity index (χ3v) is 6.24. The van der Waals surface area contributed by atoms with Gasteiger partial charge >= 0.3 is 0 Å². The number of likely N-dealkylation sites (tertiary alicyclic amines) is 1. The van der Waals surface area contributed by atoms with E-state index in [2.05, 4.69) is 5.16 Å². The Bertz CT molecular complexity index is 1000. The van der Waals surface area contributed by atoms with Crippen molar-refractivity contribution in [1.29, 1.82) is 0 Å². The number of benzene rings is 1. The van der Waals surface area contributed by atoms with Crippen molar-refractivity contribution in [3.05, 3.63) is 60.0 Å². The Balaban J connectivity index is 1.36. The highest BCUT2D eigenvalue weighted by Gasteiger charge is 2.67. The summed E-state index contributed by atoms with van der Waals surface area (Å²) in [5.41, 5.74) is 0.913. The molecule has 1 spiro atoms. The van der Waals surface area contributed by atoms with Crippen molar-refractivity contribution in [1.82, 2.24) is 15.0 Å². The fourth-order valence-corrected chi connectivity index (χ4v) is 4.88. The SMILES string of the molecule is COc1cccc(CN2C[C@]34C=C[C@H](O3)[C@H](C(=O)N(C)Cc3ccon3)[C@@H]4C2=O)c1. The van der Waals surface area contributed by atoms with Crippen LogP contribution in [0.5, 0.6) is 5.75 Å². The van der Waals surface area contributed by atoms with Crippen LogP contribution in [-0.2, 0) is 27.4 Å². The summed E-state index contributed by atoms with van der Waals surface area (Å²) in [6.45, 7) is 1.22. The molecule has 30 heavy (non-hydrogen) atoms. The number of methoxy groups -OCH3 is 1. The van der Waals surface area contributed by atoms with Gasteiger partial charge in [-0.1, -0.05) is 29.4 Å². The Morgan fingerprint density at radius 2 is 2.27 bits per heavy atom. The minimum atomic E-state index is -0.727. The van der Waals surface area contributed by atoms with E-state index in [1.54, 1.807) is 30.0 Å². The molecule has 8 heteroatoms. The summed E-state index contributed by atoms with van der Waals surface area (Å²) in [4.78, 5) is 30.0. The highest BCUT2D eigenvalue weighted by Crippen LogP contribution is 2.52. The summed E-state index contributed by atoms with van der Waals surface area (Å²) in [7, 11) is 3.33. The van der Waals surface area contributed by atoms with Gasteiger partial charge in [-0.15, -0.1) is 0 Å². The van der Waals surface area contributed by atoms with Crippen LogP contribution < -0.4 is 4.74 Å². The van der Waals surface area contributed by atoms with E-state index in [0.717, 1.165) is 11.3 Å². The lowest BCUT2D eigenvalue weighted by Gasteiger charge is -2.27. The first-order valence-corrected chi connectivity index (χ1v) is 9.94. The zero-order valence-electron chi connectivity index (χ0n) is 16.9. The minimum absolute atomic E-state index is 0.0437. The molecule has 4 heterocycles. The average Bonchev–Trinajstić information content (AvgIpc) is 3.51. The van der Waals surface area contributed by atoms with Crippen molar-refractivity contribution in [3.8, 4) is 5.75 Å². The number of fused-ring (bicyclic) bond motifs is 1. The lowest BCUT2D eigenvalue weighted by molar-refractivity contribution is -0.143. The van der Waals surface area contributed by atoms with Crippen molar-refractivity contribution in [2.75, 3.05) is 20.7 Å². The maximum absolute atomic E-state index is 13.4. The van der Waals surface area contributed by atoms with Gasteiger partial charge in [0.1, 0.15) is 23.3 Å². The topological polar surface area (TPSA) is 85.1 Å². The van der Waals surface area contributed by atoms with Gasteiger partial charge in [0.05, 0.1) is 38.1 Å². The average molecular weight is 409 g/mol. The molecule has 156 valence electrons. The van der Waals surface area contributed by atoms with Gasteiger partial charge in [0.15, 0.2) is 0 Å². The third-order valence-electron chi connectivity index (χ3n) is 6.24. The number of aromatic nitrogens is 1. The van der Waals surface area contributed by atoms with Gasteiger partial charge in [-0.2, -0.15) is 0 Å². The Hall–Kier alpha value is -3.13. The van der Waals surface area contributed by atoms with Crippen LogP contribution >= 0.6 is 0 Å². The number of carbonyl (C=O) groups excluding carboxylic acids is 2. The second-order valence-electron chi connectivity index (χ2n) is 8.13. The molecule has 0 N–H and O–H groups in total. The van der Waals surface area contributed by atoms with Gasteiger partial charge in [-0.3, -0.25) is 9.59 Å². The normalized spacial score (nSPS) is 28.8. The number of carbonyl (C=O) groups is 2. The molecule has 1 aromatic heterocycles. The lowest BCUT2D eigenvalue weighted by Crippen LogP contribution is -2.44. The van der Waals surface area contributed by atoms with Crippen LogP contribution in [0.25, 0.3) is 0 Å². The fraction of sp³-hybridized carbons (Fsp3) is 0.409. The number of rotatable bonds is 6. The molecule has 0 saturated carbocycles. The van der Waals surface area contributed by atoms with Crippen molar-refractivity contribution in [2.24, 2.45) is 11.8 Å². The summed E-state index contributed by atoms with van der Waals surface area (Å²) < 4.78 is 16.3. The van der Waals surface area contributed by atoms with Crippen LogP contribution in [0.4, 0.5) is 0 Å². The predicted molar refractivity (Wildman–Crippen MR) is 105 cm³/mol. The maximum Gasteiger partial charge on any atom is 0.230 e. The molecule has 2 bridgehead atoms. The van der Waals surface area contributed by atoms with Crippen LogP contribution in [0.15, 0.2) is 53.3 Å². The van der Waals surface area contributed by atoms with E-state index in [9.17, 15) is 9.59 Å². The summed E-state index contributed by atoms with van der Waals surface area (Å²) in [6.07, 6.45) is 4.99. The Kier molecular flexibility index (Phi) is 4.39. The third kappa shape index (κ3) is 2.90. The van der Waals surface area contributed by atoms with Crippen molar-refractivity contribution in [2.45, 2.75) is 24.8 Å². The molecule has 0 unspecified atom stereocenters. The van der Waals surface area contributed by atoms with Crippen molar-refractivity contribution >= 4 is 11.8 Å². The molecule has 0 aliphatic carbocycles. The summed E-state index contributed by atoms with van der Waals surface area (Å²) in [6, 6.07) is 9.38. The van der Waals surface area contributed by atoms with Gasteiger partial charge in [0.25, 0.3) is 0 Å². The zero-order chi connectivity index (χ0) is 20.9. The maximum atomic E-state index is 13.4. The number of hydrogen-bond acceptors (Lipinski definition) is 6. The van der Waals surface area contributed by atoms with Gasteiger partial charge in [-0.25, -0.2) is 0 Å². The molecule has 0 radical (unpaired) electrons. The number of nitrogens with zero attached hydrogens (tertiary/aromatic N) is 3. The first kappa shape index (κ1) is 18.9. The van der Waals surface area contributed by atoms with E-state index in [-0.39, 0.29) is 17.9 Å². The lowest BCUT2D eigenvalue weighted by atomic mass is 9.76. The second kappa shape index (κ2) is 6.98. The molecule has 4 atom stereocenters. The molecule has 2 fully saturated rings. The predicted octanol–water partition coefficient (Wildman–Crippen LogP) is 1.62. The molecular weight excluding hydrogens is 386 g/mol. The van der Waals surface area contributed by atoms with Crippen LogP contribution in [0.2, 0.25) is 0 Å². The number of hydrogen-bond donors (Lipinski definition) is 0. The number of ether oxygens (including phenoxy) is 2. The summed E-state index contributed by atoms with van der Waals surface area (Å²) in [5.74, 6) is -0.453. The number of amides is 2. The zero-order valence-corrected chi connectivity index (χ0v) is 16.9. The Labute approximate surface area is 174 Å². The molecule has 1 aromatic carbocycles.